The molecule has 0 fully saturated rings. The number of nitrogens with zero attached hydrogens (tertiary/aromatic N) is 2. The molecule has 3 rings (SSSR count). The van der Waals surface area contributed by atoms with Crippen LogP contribution in [0.1, 0.15) is 46.2 Å². The summed E-state index contributed by atoms with van der Waals surface area (Å²) in [6, 6.07) is 4.30. The molecule has 4 heteroatoms. The van der Waals surface area contributed by atoms with Crippen molar-refractivity contribution < 1.29 is 5.11 Å². The van der Waals surface area contributed by atoms with Crippen LogP contribution < -0.4 is 0 Å². The van der Waals surface area contributed by atoms with Crippen molar-refractivity contribution in [1.82, 2.24) is 9.78 Å². The smallest absolute Gasteiger partial charge is 0.0937 e. The molecule has 1 aliphatic carbocycles. The third-order valence-electron chi connectivity index (χ3n) is 3.89. The highest BCUT2D eigenvalue weighted by atomic mass is 32.1. The molecular formula is C15H20N2OS. The van der Waals surface area contributed by atoms with Gasteiger partial charge in [-0.1, -0.05) is 6.92 Å². The Morgan fingerprint density at radius 1 is 1.42 bits per heavy atom. The molecule has 2 aromatic rings. The summed E-state index contributed by atoms with van der Waals surface area (Å²) >= 11 is 1.79. The Morgan fingerprint density at radius 3 is 2.95 bits per heavy atom. The lowest BCUT2D eigenvalue weighted by atomic mass is 10.1. The quantitative estimate of drug-likeness (QED) is 0.932. The van der Waals surface area contributed by atoms with Gasteiger partial charge in [-0.2, -0.15) is 5.10 Å². The summed E-state index contributed by atoms with van der Waals surface area (Å²) in [6.07, 6.45) is 4.86. The zero-order valence-corrected chi connectivity index (χ0v) is 12.3. The lowest BCUT2D eigenvalue weighted by molar-refractivity contribution is 0.179. The predicted octanol–water partition coefficient (Wildman–Crippen LogP) is 2.81. The Morgan fingerprint density at radius 2 is 2.26 bits per heavy atom. The molecule has 19 heavy (non-hydrogen) atoms. The van der Waals surface area contributed by atoms with E-state index in [9.17, 15) is 5.11 Å². The third-order valence-corrected chi connectivity index (χ3v) is 5.22. The first kappa shape index (κ1) is 12.9. The topological polar surface area (TPSA) is 38.0 Å². The number of aromatic nitrogens is 2. The summed E-state index contributed by atoms with van der Waals surface area (Å²) in [4.78, 5) is 2.59. The lowest BCUT2D eigenvalue weighted by Crippen LogP contribution is -2.05. The number of hydrogen-bond acceptors (Lipinski definition) is 3. The molecule has 1 N–H and O–H groups in total. The van der Waals surface area contributed by atoms with E-state index in [4.69, 9.17) is 0 Å². The van der Waals surface area contributed by atoms with E-state index in [-0.39, 0.29) is 0 Å². The average Bonchev–Trinajstić information content (AvgIpc) is 3.03. The summed E-state index contributed by atoms with van der Waals surface area (Å²) in [5, 5.41) is 14.8. The molecule has 0 saturated carbocycles. The van der Waals surface area contributed by atoms with E-state index in [0.717, 1.165) is 22.7 Å². The monoisotopic (exact) mass is 276 g/mol. The van der Waals surface area contributed by atoms with Crippen molar-refractivity contribution in [3.63, 3.8) is 0 Å². The van der Waals surface area contributed by atoms with Gasteiger partial charge in [-0.3, -0.25) is 4.68 Å². The van der Waals surface area contributed by atoms with Crippen LogP contribution in [0.25, 0.3) is 0 Å². The zero-order chi connectivity index (χ0) is 13.4. The highest BCUT2D eigenvalue weighted by molar-refractivity contribution is 7.12. The molecule has 0 radical (unpaired) electrons. The van der Waals surface area contributed by atoms with E-state index < -0.39 is 6.10 Å². The molecule has 1 aliphatic rings. The van der Waals surface area contributed by atoms with Crippen molar-refractivity contribution in [3.05, 3.63) is 38.8 Å². The summed E-state index contributed by atoms with van der Waals surface area (Å²) in [5.41, 5.74) is 3.66. The number of rotatable bonds is 4. The van der Waals surface area contributed by atoms with Gasteiger partial charge in [-0.05, 0) is 43.4 Å². The van der Waals surface area contributed by atoms with Crippen molar-refractivity contribution in [2.24, 2.45) is 7.05 Å². The van der Waals surface area contributed by atoms with Gasteiger partial charge in [-0.15, -0.1) is 11.3 Å². The van der Waals surface area contributed by atoms with Crippen LogP contribution in [0.15, 0.2) is 12.1 Å². The van der Waals surface area contributed by atoms with E-state index in [1.807, 2.05) is 11.7 Å². The molecular weight excluding hydrogens is 256 g/mol. The van der Waals surface area contributed by atoms with Crippen LogP contribution in [0.3, 0.4) is 0 Å². The number of aliphatic hydroxyl groups excluding tert-OH is 1. The van der Waals surface area contributed by atoms with Crippen LogP contribution >= 0.6 is 11.3 Å². The maximum Gasteiger partial charge on any atom is 0.0937 e. The first-order valence-electron chi connectivity index (χ1n) is 6.98. The van der Waals surface area contributed by atoms with Crippen molar-refractivity contribution in [2.45, 2.75) is 45.1 Å². The normalized spacial score (nSPS) is 15.7. The molecule has 0 aromatic carbocycles. The Kier molecular flexibility index (Phi) is 3.46. The third kappa shape index (κ3) is 2.47. The maximum absolute atomic E-state index is 10.4. The van der Waals surface area contributed by atoms with Crippen LogP contribution in [-0.2, 0) is 32.7 Å². The van der Waals surface area contributed by atoms with Crippen LogP contribution in [0.5, 0.6) is 0 Å². The fourth-order valence-corrected chi connectivity index (χ4v) is 3.99. The van der Waals surface area contributed by atoms with Gasteiger partial charge in [-0.25, -0.2) is 0 Å². The van der Waals surface area contributed by atoms with Crippen molar-refractivity contribution in [1.29, 1.82) is 0 Å². The molecule has 0 spiro atoms. The molecule has 3 nitrogen and oxygen atoms in total. The summed E-state index contributed by atoms with van der Waals surface area (Å²) in [6.45, 7) is 2.10. The predicted molar refractivity (Wildman–Crippen MR) is 77.6 cm³/mol. The van der Waals surface area contributed by atoms with Gasteiger partial charge in [0.05, 0.1) is 11.8 Å². The lowest BCUT2D eigenvalue weighted by Gasteiger charge is -2.08. The minimum Gasteiger partial charge on any atom is -0.387 e. The Labute approximate surface area is 117 Å². The van der Waals surface area contributed by atoms with Crippen molar-refractivity contribution in [2.75, 3.05) is 0 Å². The van der Waals surface area contributed by atoms with Crippen LogP contribution in [0.4, 0.5) is 0 Å². The van der Waals surface area contributed by atoms with Gasteiger partial charge in [0.1, 0.15) is 0 Å². The Hall–Kier alpha value is -1.13. The number of aryl methyl sites for hydroxylation is 4. The highest BCUT2D eigenvalue weighted by Crippen LogP contribution is 2.34. The van der Waals surface area contributed by atoms with Crippen molar-refractivity contribution >= 4 is 11.3 Å². The standard InChI is InChI=1S/C15H20N2OS/c1-3-11-8-12(17(2)16-11)9-13(18)15-7-10-5-4-6-14(10)19-15/h7-8,13,18H,3-6,9H2,1-2H3. The van der Waals surface area contributed by atoms with Gasteiger partial charge < -0.3 is 5.11 Å². The molecule has 1 unspecified atom stereocenters. The Balaban J connectivity index is 1.76. The number of hydrogen-bond donors (Lipinski definition) is 1. The second-order valence-electron chi connectivity index (χ2n) is 5.27. The molecule has 1 atom stereocenters. The van der Waals surface area contributed by atoms with Gasteiger partial charge in [0, 0.05) is 28.9 Å². The maximum atomic E-state index is 10.4. The first-order chi connectivity index (χ1) is 9.17. The SMILES string of the molecule is CCc1cc(CC(O)c2cc3c(s2)CCC3)n(C)n1. The molecule has 2 heterocycles. The van der Waals surface area contributed by atoms with E-state index >= 15 is 0 Å². The molecule has 0 aliphatic heterocycles. The fraction of sp³-hybridized carbons (Fsp3) is 0.533. The van der Waals surface area contributed by atoms with E-state index in [2.05, 4.69) is 24.2 Å². The second kappa shape index (κ2) is 5.10. The minimum absolute atomic E-state index is 0.393. The van der Waals surface area contributed by atoms with Gasteiger partial charge in [0.25, 0.3) is 0 Å². The number of aliphatic hydroxyl groups is 1. The number of thiophene rings is 1. The highest BCUT2D eigenvalue weighted by Gasteiger charge is 2.20. The molecule has 0 amide bonds. The van der Waals surface area contributed by atoms with Gasteiger partial charge >= 0.3 is 0 Å². The van der Waals surface area contributed by atoms with E-state index in [1.54, 1.807) is 11.3 Å². The minimum atomic E-state index is -0.393. The van der Waals surface area contributed by atoms with Crippen LogP contribution in [0.2, 0.25) is 0 Å². The summed E-state index contributed by atoms with van der Waals surface area (Å²) < 4.78 is 1.89. The molecule has 0 bridgehead atoms. The zero-order valence-electron chi connectivity index (χ0n) is 11.5. The largest absolute Gasteiger partial charge is 0.387 e. The Bertz CT molecular complexity index is 563. The van der Waals surface area contributed by atoms with Crippen LogP contribution in [0, 0.1) is 0 Å². The average molecular weight is 276 g/mol. The van der Waals surface area contributed by atoms with Crippen LogP contribution in [-0.4, -0.2) is 14.9 Å². The summed E-state index contributed by atoms with van der Waals surface area (Å²) in [5.74, 6) is 0. The van der Waals surface area contributed by atoms with E-state index in [0.29, 0.717) is 6.42 Å². The molecule has 2 aromatic heterocycles. The molecule has 0 saturated heterocycles. The second-order valence-corrected chi connectivity index (χ2v) is 6.44. The number of fused-ring (bicyclic) bond motifs is 1. The first-order valence-corrected chi connectivity index (χ1v) is 7.80. The molecule has 102 valence electrons. The van der Waals surface area contributed by atoms with E-state index in [1.165, 1.54) is 29.7 Å². The summed E-state index contributed by atoms with van der Waals surface area (Å²) in [7, 11) is 1.95. The van der Waals surface area contributed by atoms with Crippen molar-refractivity contribution in [3.8, 4) is 0 Å². The fourth-order valence-electron chi connectivity index (χ4n) is 2.75. The van der Waals surface area contributed by atoms with Gasteiger partial charge in [0.2, 0.25) is 0 Å². The van der Waals surface area contributed by atoms with Gasteiger partial charge in [0.15, 0.2) is 0 Å².